The van der Waals surface area contributed by atoms with Crippen molar-refractivity contribution in [3.63, 3.8) is 0 Å². The van der Waals surface area contributed by atoms with Gasteiger partial charge in [0.1, 0.15) is 5.84 Å². The fraction of sp³-hybridized carbons (Fsp3) is 0.677. The minimum Gasteiger partial charge on any atom is -0.349 e. The van der Waals surface area contributed by atoms with E-state index in [0.29, 0.717) is 12.6 Å². The smallest absolute Gasteiger partial charge is 0.199 e. The molecule has 1 N–H and O–H groups in total. The molecule has 2 unspecified atom stereocenters. The van der Waals surface area contributed by atoms with E-state index in [9.17, 15) is 0 Å². The first-order valence-corrected chi connectivity index (χ1v) is 14.2. The second kappa shape index (κ2) is 18.0. The highest BCUT2D eigenvalue weighted by Crippen LogP contribution is 2.18. The minimum absolute atomic E-state index is 0.216. The van der Waals surface area contributed by atoms with E-state index >= 15 is 0 Å². The van der Waals surface area contributed by atoms with Crippen LogP contribution in [-0.2, 0) is 0 Å². The first kappa shape index (κ1) is 32.7. The van der Waals surface area contributed by atoms with E-state index in [1.165, 1.54) is 18.4 Å². The van der Waals surface area contributed by atoms with E-state index in [0.717, 1.165) is 68.3 Å². The van der Waals surface area contributed by atoms with Crippen LogP contribution in [0.25, 0.3) is 0 Å². The summed E-state index contributed by atoms with van der Waals surface area (Å²) in [5.74, 6) is 8.35. The normalized spacial score (nSPS) is 20.2. The van der Waals surface area contributed by atoms with Crippen LogP contribution in [0.15, 0.2) is 45.4 Å². The van der Waals surface area contributed by atoms with Crippen molar-refractivity contribution in [1.29, 1.82) is 0 Å². The van der Waals surface area contributed by atoms with Crippen LogP contribution in [0.1, 0.15) is 73.1 Å². The number of guanidine groups is 1. The summed E-state index contributed by atoms with van der Waals surface area (Å²) in [6.07, 6.45) is 10.4. The quantitative estimate of drug-likeness (QED) is 0.359. The highest BCUT2D eigenvalue weighted by molar-refractivity contribution is 6.10. The molecular weight excluding hydrogens is 456 g/mol. The number of hydrogen-bond donors (Lipinski definition) is 1. The summed E-state index contributed by atoms with van der Waals surface area (Å²) in [6.45, 7) is 19.4. The van der Waals surface area contributed by atoms with Gasteiger partial charge in [-0.25, -0.2) is 4.99 Å². The van der Waals surface area contributed by atoms with Crippen molar-refractivity contribution < 1.29 is 0 Å². The number of rotatable bonds is 12. The molecule has 1 heterocycles. The molecule has 0 amide bonds. The zero-order valence-corrected chi connectivity index (χ0v) is 25.3. The molecule has 0 bridgehead atoms. The molecule has 0 aliphatic carbocycles. The van der Waals surface area contributed by atoms with Crippen molar-refractivity contribution in [3.8, 4) is 11.8 Å². The number of aliphatic imine (C=N–C) groups is 2. The van der Waals surface area contributed by atoms with Crippen molar-refractivity contribution in [3.05, 3.63) is 35.5 Å². The fourth-order valence-corrected chi connectivity index (χ4v) is 4.12. The van der Waals surface area contributed by atoms with Crippen molar-refractivity contribution in [2.75, 3.05) is 54.4 Å². The van der Waals surface area contributed by atoms with Crippen LogP contribution in [-0.4, -0.2) is 92.9 Å². The predicted octanol–water partition coefficient (Wildman–Crippen LogP) is 5.36. The highest BCUT2D eigenvalue weighted by Gasteiger charge is 2.17. The molecule has 0 aromatic carbocycles. The third kappa shape index (κ3) is 12.2. The van der Waals surface area contributed by atoms with Crippen LogP contribution < -0.4 is 5.32 Å². The summed E-state index contributed by atoms with van der Waals surface area (Å²) < 4.78 is 0. The molecule has 1 aliphatic rings. The van der Waals surface area contributed by atoms with Gasteiger partial charge in [-0.2, -0.15) is 0 Å². The van der Waals surface area contributed by atoms with Crippen LogP contribution in [0.5, 0.6) is 0 Å². The van der Waals surface area contributed by atoms with Crippen LogP contribution >= 0.6 is 0 Å². The first-order chi connectivity index (χ1) is 17.7. The van der Waals surface area contributed by atoms with Gasteiger partial charge in [-0.1, -0.05) is 46.1 Å². The topological polar surface area (TPSA) is 46.5 Å². The van der Waals surface area contributed by atoms with Crippen molar-refractivity contribution >= 4 is 11.8 Å². The molecule has 1 rings (SSSR count). The average Bonchev–Trinajstić information content (AvgIpc) is 2.87. The largest absolute Gasteiger partial charge is 0.349 e. The standard InChI is InChI=1S/C31H54N6/c1-11-21-37(26(6)12-2)23-19-29(14-4)33-30-25(5)24-27(13-3)28(17-15-16-22-35(7)8)18-20-32-31(34-30)36(9)10/h18,24,26,29H,5,11-14,16,19-23H2,1-4,6-10H3,(H,32,33,34)/b27-24-,28-18-. The summed E-state index contributed by atoms with van der Waals surface area (Å²) in [5.41, 5.74) is 3.10. The number of amidine groups is 1. The molecule has 37 heavy (non-hydrogen) atoms. The highest BCUT2D eigenvalue weighted by atomic mass is 15.3. The Morgan fingerprint density at radius 2 is 1.81 bits per heavy atom. The van der Waals surface area contributed by atoms with Gasteiger partial charge in [0.05, 0.1) is 12.6 Å². The Labute approximate surface area is 228 Å². The molecule has 6 nitrogen and oxygen atoms in total. The maximum Gasteiger partial charge on any atom is 0.199 e. The fourth-order valence-electron chi connectivity index (χ4n) is 4.12. The summed E-state index contributed by atoms with van der Waals surface area (Å²) in [6, 6.07) is 0.812. The maximum absolute atomic E-state index is 5.21. The molecule has 6 heteroatoms. The second-order valence-corrected chi connectivity index (χ2v) is 10.3. The van der Waals surface area contributed by atoms with E-state index < -0.39 is 0 Å². The molecule has 0 saturated heterocycles. The SMILES string of the molecule is C=C1/C=C(CC)\C(C#CCCN(C)C)=C/CN=C(N(C)C)NC1=NC(CC)CCN(CCC)C(C)CC. The van der Waals surface area contributed by atoms with Crippen LogP contribution in [0.4, 0.5) is 0 Å². The molecule has 0 aromatic rings. The van der Waals surface area contributed by atoms with E-state index in [2.05, 4.69) is 94.4 Å². The molecule has 0 aromatic heterocycles. The van der Waals surface area contributed by atoms with Crippen molar-refractivity contribution in [2.45, 2.75) is 85.2 Å². The summed E-state index contributed by atoms with van der Waals surface area (Å²) in [5, 5.41) is 3.51. The lowest BCUT2D eigenvalue weighted by molar-refractivity contribution is 0.197. The molecule has 0 fully saturated rings. The third-order valence-electron chi connectivity index (χ3n) is 6.73. The number of hydrogen-bond acceptors (Lipinski definition) is 5. The van der Waals surface area contributed by atoms with Crippen molar-refractivity contribution in [1.82, 2.24) is 20.0 Å². The van der Waals surface area contributed by atoms with E-state index in [1.54, 1.807) is 0 Å². The average molecular weight is 511 g/mol. The van der Waals surface area contributed by atoms with Gasteiger partial charge in [-0.05, 0) is 77.4 Å². The van der Waals surface area contributed by atoms with Crippen LogP contribution in [0.2, 0.25) is 0 Å². The van der Waals surface area contributed by atoms with Gasteiger partial charge in [-0.3, -0.25) is 4.99 Å². The van der Waals surface area contributed by atoms with E-state index in [4.69, 9.17) is 9.98 Å². The monoisotopic (exact) mass is 510 g/mol. The molecule has 1 aliphatic heterocycles. The number of nitrogens with zero attached hydrogens (tertiary/aromatic N) is 5. The van der Waals surface area contributed by atoms with Gasteiger partial charge < -0.3 is 20.0 Å². The Bertz CT molecular complexity index is 881. The van der Waals surface area contributed by atoms with Gasteiger partial charge in [0.2, 0.25) is 0 Å². The predicted molar refractivity (Wildman–Crippen MR) is 163 cm³/mol. The van der Waals surface area contributed by atoms with E-state index in [1.807, 2.05) is 19.0 Å². The Kier molecular flexibility index (Phi) is 15.9. The third-order valence-corrected chi connectivity index (χ3v) is 6.73. The Balaban J connectivity index is 3.33. The lowest BCUT2D eigenvalue weighted by Crippen LogP contribution is -2.42. The molecule has 0 saturated carbocycles. The Hall–Kier alpha value is -2.36. The van der Waals surface area contributed by atoms with Gasteiger partial charge >= 0.3 is 0 Å². The summed E-state index contributed by atoms with van der Waals surface area (Å²) in [7, 11) is 8.16. The Morgan fingerprint density at radius 1 is 1.08 bits per heavy atom. The molecule has 2 atom stereocenters. The second-order valence-electron chi connectivity index (χ2n) is 10.3. The molecule has 0 spiro atoms. The van der Waals surface area contributed by atoms with Gasteiger partial charge in [0.25, 0.3) is 0 Å². The molecular formula is C31H54N6. The van der Waals surface area contributed by atoms with Gasteiger partial charge in [0.15, 0.2) is 5.96 Å². The van der Waals surface area contributed by atoms with Gasteiger partial charge in [-0.15, -0.1) is 0 Å². The summed E-state index contributed by atoms with van der Waals surface area (Å²) in [4.78, 5) is 16.8. The van der Waals surface area contributed by atoms with Crippen LogP contribution in [0.3, 0.4) is 0 Å². The van der Waals surface area contributed by atoms with Gasteiger partial charge in [0, 0.05) is 50.8 Å². The lowest BCUT2D eigenvalue weighted by Gasteiger charge is -2.29. The number of nitrogens with one attached hydrogen (secondary N) is 1. The lowest BCUT2D eigenvalue weighted by atomic mass is 9.99. The molecule has 208 valence electrons. The zero-order valence-electron chi connectivity index (χ0n) is 25.3. The van der Waals surface area contributed by atoms with Crippen LogP contribution in [0, 0.1) is 11.8 Å². The van der Waals surface area contributed by atoms with E-state index in [-0.39, 0.29) is 6.04 Å². The first-order valence-electron chi connectivity index (χ1n) is 14.2. The Morgan fingerprint density at radius 3 is 2.38 bits per heavy atom. The number of allylic oxidation sites excluding steroid dienone is 2. The molecule has 0 radical (unpaired) electrons. The zero-order chi connectivity index (χ0) is 27.8. The summed E-state index contributed by atoms with van der Waals surface area (Å²) >= 11 is 0. The van der Waals surface area contributed by atoms with Crippen molar-refractivity contribution in [2.24, 2.45) is 9.98 Å². The maximum atomic E-state index is 5.21. The minimum atomic E-state index is 0.216.